The smallest absolute Gasteiger partial charge is 0.251 e. The van der Waals surface area contributed by atoms with Crippen LogP contribution in [0, 0.1) is 5.92 Å². The van der Waals surface area contributed by atoms with Crippen LogP contribution >= 0.6 is 0 Å². The van der Waals surface area contributed by atoms with Crippen LogP contribution < -0.4 is 5.32 Å². The number of aromatic nitrogens is 1. The molecule has 6 heteroatoms. The number of nitrogens with zero attached hydrogens (tertiary/aromatic N) is 2. The lowest BCUT2D eigenvalue weighted by Gasteiger charge is -2.15. The van der Waals surface area contributed by atoms with Crippen molar-refractivity contribution < 1.29 is 9.90 Å². The summed E-state index contributed by atoms with van der Waals surface area (Å²) in [6, 6.07) is 14.5. The van der Waals surface area contributed by atoms with Gasteiger partial charge in [0, 0.05) is 17.5 Å². The Bertz CT molecular complexity index is 976. The number of fused-ring (bicyclic) bond motifs is 1. The van der Waals surface area contributed by atoms with Gasteiger partial charge < -0.3 is 15.4 Å². The third kappa shape index (κ3) is 5.22. The number of azo groups is 1. The fourth-order valence-electron chi connectivity index (χ4n) is 3.28. The fraction of sp³-hybridized carbons (Fsp3) is 0.348. The Kier molecular flexibility index (Phi) is 7.00. The molecule has 0 saturated heterocycles. The topological polar surface area (TPSA) is 89.8 Å². The minimum absolute atomic E-state index is 0.0144. The van der Waals surface area contributed by atoms with E-state index in [2.05, 4.69) is 34.4 Å². The number of carbonyl (C=O) groups excluding carboxylic acids is 1. The summed E-state index contributed by atoms with van der Waals surface area (Å²) < 4.78 is 0. The quantitative estimate of drug-likeness (QED) is 0.376. The van der Waals surface area contributed by atoms with E-state index in [1.165, 1.54) is 12.8 Å². The molecule has 0 aliphatic rings. The Hall–Kier alpha value is -3.15. The van der Waals surface area contributed by atoms with Crippen molar-refractivity contribution in [2.45, 2.75) is 39.5 Å². The molecule has 3 rings (SSSR count). The predicted molar refractivity (Wildman–Crippen MR) is 116 cm³/mol. The minimum Gasteiger partial charge on any atom is -0.493 e. The number of para-hydroxylation sites is 1. The summed E-state index contributed by atoms with van der Waals surface area (Å²) in [6.45, 7) is 5.05. The van der Waals surface area contributed by atoms with Gasteiger partial charge in [0.2, 0.25) is 5.88 Å². The molecule has 0 aliphatic carbocycles. The molecule has 1 aromatic heterocycles. The molecule has 0 bridgehead atoms. The second kappa shape index (κ2) is 9.87. The average Bonchev–Trinajstić information content (AvgIpc) is 3.07. The van der Waals surface area contributed by atoms with E-state index in [4.69, 9.17) is 0 Å². The zero-order valence-corrected chi connectivity index (χ0v) is 17.0. The number of hydrogen-bond donors (Lipinski definition) is 3. The number of aromatic hydroxyl groups is 1. The Balaban J connectivity index is 1.63. The number of rotatable bonds is 9. The van der Waals surface area contributed by atoms with E-state index in [9.17, 15) is 9.90 Å². The highest BCUT2D eigenvalue weighted by Crippen LogP contribution is 2.36. The number of unbranched alkanes of at least 4 members (excludes halogenated alkanes) is 1. The van der Waals surface area contributed by atoms with Crippen LogP contribution in [0.25, 0.3) is 10.9 Å². The van der Waals surface area contributed by atoms with Gasteiger partial charge in [-0.3, -0.25) is 4.79 Å². The van der Waals surface area contributed by atoms with E-state index in [0.717, 1.165) is 23.7 Å². The molecule has 3 N–H and O–H groups in total. The van der Waals surface area contributed by atoms with Crippen molar-refractivity contribution in [3.63, 3.8) is 0 Å². The van der Waals surface area contributed by atoms with Crippen LogP contribution in [-0.4, -0.2) is 22.5 Å². The van der Waals surface area contributed by atoms with Gasteiger partial charge in [-0.25, -0.2) is 0 Å². The normalized spacial score (nSPS) is 12.5. The van der Waals surface area contributed by atoms with Gasteiger partial charge in [-0.2, -0.15) is 5.11 Å². The maximum atomic E-state index is 12.4. The van der Waals surface area contributed by atoms with Gasteiger partial charge in [-0.1, -0.05) is 51.3 Å². The lowest BCUT2D eigenvalue weighted by Crippen LogP contribution is -2.29. The first-order valence-corrected chi connectivity index (χ1v) is 10.2. The van der Waals surface area contributed by atoms with Crippen molar-refractivity contribution in [1.82, 2.24) is 10.3 Å². The van der Waals surface area contributed by atoms with E-state index in [1.54, 1.807) is 24.3 Å². The molecule has 3 aromatic rings. The number of amides is 1. The summed E-state index contributed by atoms with van der Waals surface area (Å²) in [5, 5.41) is 22.3. The van der Waals surface area contributed by atoms with Crippen molar-refractivity contribution in [2.75, 3.05) is 6.54 Å². The molecule has 2 aromatic carbocycles. The van der Waals surface area contributed by atoms with E-state index in [-0.39, 0.29) is 11.8 Å². The second-order valence-electron chi connectivity index (χ2n) is 7.24. The first-order chi connectivity index (χ1) is 14.1. The first-order valence-electron chi connectivity index (χ1n) is 10.2. The molecule has 0 spiro atoms. The van der Waals surface area contributed by atoms with Crippen molar-refractivity contribution >= 4 is 28.2 Å². The molecule has 1 atom stereocenters. The Morgan fingerprint density at radius 3 is 2.59 bits per heavy atom. The van der Waals surface area contributed by atoms with E-state index >= 15 is 0 Å². The summed E-state index contributed by atoms with van der Waals surface area (Å²) in [7, 11) is 0. The van der Waals surface area contributed by atoms with Gasteiger partial charge in [0.15, 0.2) is 5.69 Å². The number of H-pyrrole nitrogens is 1. The molecule has 0 saturated carbocycles. The third-order valence-electron chi connectivity index (χ3n) is 5.15. The van der Waals surface area contributed by atoms with Crippen LogP contribution in [0.15, 0.2) is 58.8 Å². The molecule has 0 fully saturated rings. The molecule has 0 aliphatic heterocycles. The van der Waals surface area contributed by atoms with Crippen LogP contribution in [0.4, 0.5) is 11.4 Å². The maximum absolute atomic E-state index is 12.4. The van der Waals surface area contributed by atoms with Crippen molar-refractivity contribution in [2.24, 2.45) is 16.1 Å². The molecule has 6 nitrogen and oxygen atoms in total. The van der Waals surface area contributed by atoms with E-state index in [1.807, 2.05) is 24.3 Å². The summed E-state index contributed by atoms with van der Waals surface area (Å²) in [5.41, 5.74) is 2.42. The molecule has 1 heterocycles. The van der Waals surface area contributed by atoms with E-state index < -0.39 is 0 Å². The Labute approximate surface area is 171 Å². The summed E-state index contributed by atoms with van der Waals surface area (Å²) in [6.07, 6.45) is 4.59. The highest BCUT2D eigenvalue weighted by molar-refractivity contribution is 5.95. The Morgan fingerprint density at radius 2 is 1.86 bits per heavy atom. The van der Waals surface area contributed by atoms with Gasteiger partial charge in [0.1, 0.15) is 0 Å². The highest BCUT2D eigenvalue weighted by atomic mass is 16.3. The van der Waals surface area contributed by atoms with E-state index in [0.29, 0.717) is 29.4 Å². The van der Waals surface area contributed by atoms with Crippen LogP contribution in [-0.2, 0) is 0 Å². The van der Waals surface area contributed by atoms with Crippen molar-refractivity contribution in [3.8, 4) is 5.88 Å². The second-order valence-corrected chi connectivity index (χ2v) is 7.24. The summed E-state index contributed by atoms with van der Waals surface area (Å²) >= 11 is 0. The summed E-state index contributed by atoms with van der Waals surface area (Å²) in [4.78, 5) is 15.3. The van der Waals surface area contributed by atoms with Crippen molar-refractivity contribution in [3.05, 3.63) is 54.1 Å². The standard InChI is InChI=1S/C23H28N4O2/c1-3-5-8-16(4-2)15-24-22(28)17-11-13-18(14-12-17)26-27-21-19-9-6-7-10-20(19)25-23(21)29/h6-7,9-14,16,25,29H,3-5,8,15H2,1-2H3,(H,24,28)/t16-/m1/s1. The zero-order chi connectivity index (χ0) is 20.6. The molecule has 1 amide bonds. The lowest BCUT2D eigenvalue weighted by atomic mass is 9.99. The highest BCUT2D eigenvalue weighted by Gasteiger charge is 2.11. The van der Waals surface area contributed by atoms with Gasteiger partial charge >= 0.3 is 0 Å². The van der Waals surface area contributed by atoms with Crippen molar-refractivity contribution in [1.29, 1.82) is 0 Å². The predicted octanol–water partition coefficient (Wildman–Crippen LogP) is 6.24. The zero-order valence-electron chi connectivity index (χ0n) is 17.0. The largest absolute Gasteiger partial charge is 0.493 e. The number of nitrogens with one attached hydrogen (secondary N) is 2. The monoisotopic (exact) mass is 392 g/mol. The third-order valence-corrected chi connectivity index (χ3v) is 5.15. The number of benzene rings is 2. The Morgan fingerprint density at radius 1 is 1.10 bits per heavy atom. The molecule has 29 heavy (non-hydrogen) atoms. The number of hydrogen-bond acceptors (Lipinski definition) is 4. The van der Waals surface area contributed by atoms with Gasteiger partial charge in [-0.15, -0.1) is 5.11 Å². The number of carbonyl (C=O) groups is 1. The molecular weight excluding hydrogens is 364 g/mol. The SMILES string of the molecule is CCCC[C@@H](CC)CNC(=O)c1ccc(N=Nc2c(O)[nH]c3ccccc23)cc1. The molecule has 0 unspecified atom stereocenters. The van der Waals surface area contributed by atoms with Gasteiger partial charge in [0.05, 0.1) is 11.2 Å². The maximum Gasteiger partial charge on any atom is 0.251 e. The van der Waals surface area contributed by atoms with Crippen LogP contribution in [0.2, 0.25) is 0 Å². The molecule has 0 radical (unpaired) electrons. The lowest BCUT2D eigenvalue weighted by molar-refractivity contribution is 0.0946. The molecule has 152 valence electrons. The van der Waals surface area contributed by atoms with Gasteiger partial charge in [0.25, 0.3) is 5.91 Å². The van der Waals surface area contributed by atoms with Crippen LogP contribution in [0.1, 0.15) is 49.9 Å². The fourth-order valence-corrected chi connectivity index (χ4v) is 3.28. The minimum atomic E-state index is -0.0716. The first kappa shape index (κ1) is 20.6. The van der Waals surface area contributed by atoms with Crippen LogP contribution in [0.5, 0.6) is 5.88 Å². The molecular formula is C23H28N4O2. The summed E-state index contributed by atoms with van der Waals surface area (Å²) in [5.74, 6) is 0.438. The van der Waals surface area contributed by atoms with Gasteiger partial charge in [-0.05, 0) is 42.7 Å². The average molecular weight is 393 g/mol. The number of aromatic amines is 1. The van der Waals surface area contributed by atoms with Crippen LogP contribution in [0.3, 0.4) is 0 Å².